The standard InChI is InChI=1S/C6H8N2O2/c7-5-4(3-1-2-3)10-6(9)8-5/h3-4H,1-2H2,(H2,7,8,9). The quantitative estimate of drug-likeness (QED) is 0.568. The maximum Gasteiger partial charge on any atom is 0.436 e. The molecule has 1 unspecified atom stereocenters. The first-order chi connectivity index (χ1) is 4.77. The predicted octanol–water partition coefficient (Wildman–Crippen LogP) is 0.272. The lowest BCUT2D eigenvalue weighted by atomic mass is 10.2. The number of rotatable bonds is 1. The zero-order valence-electron chi connectivity index (χ0n) is 5.41. The smallest absolute Gasteiger partial charge is 0.436 e. The Morgan fingerprint density at radius 3 is 2.70 bits per heavy atom. The molecule has 4 heteroatoms. The third-order valence-corrected chi connectivity index (χ3v) is 1.79. The van der Waals surface area contributed by atoms with E-state index >= 15 is 0 Å². The molecule has 1 aliphatic heterocycles. The lowest BCUT2D eigenvalue weighted by Gasteiger charge is -2.05. The van der Waals surface area contributed by atoms with Crippen LogP contribution in [0.2, 0.25) is 0 Å². The van der Waals surface area contributed by atoms with Gasteiger partial charge in [-0.05, 0) is 12.8 Å². The fraction of sp³-hybridized carbons (Fsp3) is 0.667. The van der Waals surface area contributed by atoms with Crippen molar-refractivity contribution in [3.63, 3.8) is 0 Å². The van der Waals surface area contributed by atoms with Crippen LogP contribution in [0.1, 0.15) is 12.8 Å². The van der Waals surface area contributed by atoms with E-state index in [1.54, 1.807) is 0 Å². The highest BCUT2D eigenvalue weighted by Crippen LogP contribution is 2.35. The van der Waals surface area contributed by atoms with Gasteiger partial charge in [-0.3, -0.25) is 0 Å². The Morgan fingerprint density at radius 2 is 2.30 bits per heavy atom. The highest BCUT2D eigenvalue weighted by atomic mass is 16.6. The van der Waals surface area contributed by atoms with Crippen molar-refractivity contribution in [2.75, 3.05) is 0 Å². The summed E-state index contributed by atoms with van der Waals surface area (Å²) in [4.78, 5) is 14.0. The molecule has 0 radical (unpaired) electrons. The molecule has 1 atom stereocenters. The zero-order valence-corrected chi connectivity index (χ0v) is 5.41. The summed E-state index contributed by atoms with van der Waals surface area (Å²) in [7, 11) is 0. The van der Waals surface area contributed by atoms with E-state index in [1.807, 2.05) is 0 Å². The molecule has 54 valence electrons. The van der Waals surface area contributed by atoms with E-state index in [9.17, 15) is 4.79 Å². The van der Waals surface area contributed by atoms with Gasteiger partial charge in [0.1, 0.15) is 5.84 Å². The molecule has 1 amide bonds. The van der Waals surface area contributed by atoms with Gasteiger partial charge in [0.2, 0.25) is 0 Å². The lowest BCUT2D eigenvalue weighted by molar-refractivity contribution is 0.139. The molecule has 4 nitrogen and oxygen atoms in total. The number of carbonyl (C=O) groups is 1. The number of carbonyl (C=O) groups excluding carboxylic acids is 1. The predicted molar refractivity (Wildman–Crippen MR) is 34.6 cm³/mol. The van der Waals surface area contributed by atoms with Crippen LogP contribution in [0.3, 0.4) is 0 Å². The number of hydrogen-bond acceptors (Lipinski definition) is 3. The van der Waals surface area contributed by atoms with Gasteiger partial charge >= 0.3 is 6.09 Å². The van der Waals surface area contributed by atoms with Crippen LogP contribution < -0.4 is 5.73 Å². The molecule has 2 N–H and O–H groups in total. The molecule has 10 heavy (non-hydrogen) atoms. The third-order valence-electron chi connectivity index (χ3n) is 1.79. The summed E-state index contributed by atoms with van der Waals surface area (Å²) in [5, 5.41) is 0. The lowest BCUT2D eigenvalue weighted by Crippen LogP contribution is -2.28. The van der Waals surface area contributed by atoms with Crippen LogP contribution in [0.15, 0.2) is 4.99 Å². The monoisotopic (exact) mass is 140 g/mol. The number of amides is 1. The molecule has 0 aromatic rings. The second-order valence-electron chi connectivity index (χ2n) is 2.68. The second-order valence-corrected chi connectivity index (χ2v) is 2.68. The maximum absolute atomic E-state index is 10.5. The van der Waals surface area contributed by atoms with Gasteiger partial charge < -0.3 is 10.5 Å². The number of cyclic esters (lactones) is 1. The highest BCUT2D eigenvalue weighted by Gasteiger charge is 2.40. The van der Waals surface area contributed by atoms with Crippen molar-refractivity contribution in [2.45, 2.75) is 18.9 Å². The SMILES string of the molecule is NC1=NC(=O)OC1C1CC1. The van der Waals surface area contributed by atoms with E-state index in [-0.39, 0.29) is 6.10 Å². The van der Waals surface area contributed by atoms with Gasteiger partial charge in [0.05, 0.1) is 0 Å². The number of hydrogen-bond donors (Lipinski definition) is 1. The van der Waals surface area contributed by atoms with Gasteiger partial charge in [0.15, 0.2) is 6.10 Å². The molecule has 0 aromatic carbocycles. The minimum absolute atomic E-state index is 0.201. The van der Waals surface area contributed by atoms with Crippen LogP contribution in [-0.4, -0.2) is 18.0 Å². The van der Waals surface area contributed by atoms with E-state index in [4.69, 9.17) is 10.5 Å². The number of ether oxygens (including phenoxy) is 1. The van der Waals surface area contributed by atoms with E-state index < -0.39 is 6.09 Å². The molecule has 2 aliphatic rings. The molecule has 0 saturated heterocycles. The molecule has 1 saturated carbocycles. The summed E-state index contributed by atoms with van der Waals surface area (Å²) in [6.45, 7) is 0. The minimum Gasteiger partial charge on any atom is -0.436 e. The Labute approximate surface area is 58.1 Å². The Morgan fingerprint density at radius 1 is 1.60 bits per heavy atom. The topological polar surface area (TPSA) is 64.7 Å². The Kier molecular flexibility index (Phi) is 0.977. The van der Waals surface area contributed by atoms with Gasteiger partial charge in [0, 0.05) is 5.92 Å². The molecule has 1 fully saturated rings. The summed E-state index contributed by atoms with van der Waals surface area (Å²) in [6, 6.07) is 0. The van der Waals surface area contributed by atoms with E-state index in [0.29, 0.717) is 11.8 Å². The number of aliphatic imine (C=N–C) groups is 1. The molecule has 0 aromatic heterocycles. The van der Waals surface area contributed by atoms with Gasteiger partial charge in [-0.25, -0.2) is 4.79 Å². The maximum atomic E-state index is 10.5. The summed E-state index contributed by atoms with van der Waals surface area (Å²) < 4.78 is 4.83. The van der Waals surface area contributed by atoms with Crippen molar-refractivity contribution < 1.29 is 9.53 Å². The third kappa shape index (κ3) is 0.761. The normalized spacial score (nSPS) is 31.8. The van der Waals surface area contributed by atoms with E-state index in [1.165, 1.54) is 0 Å². The van der Waals surface area contributed by atoms with Crippen molar-refractivity contribution >= 4 is 11.9 Å². The number of nitrogens with zero attached hydrogens (tertiary/aromatic N) is 1. The Bertz CT molecular complexity index is 208. The van der Waals surface area contributed by atoms with Gasteiger partial charge in [-0.2, -0.15) is 4.99 Å². The molecule has 0 bridgehead atoms. The summed E-state index contributed by atoms with van der Waals surface area (Å²) >= 11 is 0. The Balaban J connectivity index is 2.11. The highest BCUT2D eigenvalue weighted by molar-refractivity contribution is 5.99. The largest absolute Gasteiger partial charge is 0.436 e. The van der Waals surface area contributed by atoms with E-state index in [0.717, 1.165) is 12.8 Å². The van der Waals surface area contributed by atoms with Crippen LogP contribution >= 0.6 is 0 Å². The van der Waals surface area contributed by atoms with E-state index in [2.05, 4.69) is 4.99 Å². The van der Waals surface area contributed by atoms with Crippen molar-refractivity contribution in [1.29, 1.82) is 0 Å². The van der Waals surface area contributed by atoms with Gasteiger partial charge in [-0.1, -0.05) is 0 Å². The van der Waals surface area contributed by atoms with Crippen molar-refractivity contribution in [3.05, 3.63) is 0 Å². The molecule has 1 heterocycles. The molecule has 0 spiro atoms. The summed E-state index contributed by atoms with van der Waals surface area (Å²) in [6.07, 6.45) is 1.48. The van der Waals surface area contributed by atoms with Crippen LogP contribution in [0.4, 0.5) is 4.79 Å². The first-order valence-corrected chi connectivity index (χ1v) is 3.32. The van der Waals surface area contributed by atoms with Crippen molar-refractivity contribution in [3.8, 4) is 0 Å². The summed E-state index contributed by atoms with van der Waals surface area (Å²) in [5.41, 5.74) is 5.41. The van der Waals surface area contributed by atoms with Crippen LogP contribution in [0.5, 0.6) is 0 Å². The first kappa shape index (κ1) is 5.70. The average molecular weight is 140 g/mol. The van der Waals surface area contributed by atoms with Crippen LogP contribution in [0.25, 0.3) is 0 Å². The van der Waals surface area contributed by atoms with Crippen LogP contribution in [-0.2, 0) is 4.74 Å². The molecular formula is C6H8N2O2. The number of amidine groups is 1. The van der Waals surface area contributed by atoms with Crippen molar-refractivity contribution in [2.24, 2.45) is 16.6 Å². The fourth-order valence-corrected chi connectivity index (χ4v) is 1.10. The van der Waals surface area contributed by atoms with Gasteiger partial charge in [0.25, 0.3) is 0 Å². The Hall–Kier alpha value is -1.06. The van der Waals surface area contributed by atoms with Crippen LogP contribution in [0, 0.1) is 5.92 Å². The minimum atomic E-state index is -0.533. The second kappa shape index (κ2) is 1.71. The molecule has 1 aliphatic carbocycles. The average Bonchev–Trinajstić information content (AvgIpc) is 2.61. The molecular weight excluding hydrogens is 132 g/mol. The first-order valence-electron chi connectivity index (χ1n) is 3.32. The summed E-state index contributed by atoms with van der Waals surface area (Å²) in [5.74, 6) is 0.808. The van der Waals surface area contributed by atoms with Gasteiger partial charge in [-0.15, -0.1) is 0 Å². The molecule has 2 rings (SSSR count). The zero-order chi connectivity index (χ0) is 7.14. The number of nitrogens with two attached hydrogens (primary N) is 1. The fourth-order valence-electron chi connectivity index (χ4n) is 1.10. The van der Waals surface area contributed by atoms with Crippen molar-refractivity contribution in [1.82, 2.24) is 0 Å².